The molecule has 1 N–H and O–H groups in total. The number of nitrogens with one attached hydrogen (secondary N) is 1. The van der Waals surface area contributed by atoms with Gasteiger partial charge in [0.05, 0.1) is 12.8 Å². The second-order valence-corrected chi connectivity index (χ2v) is 7.59. The van der Waals surface area contributed by atoms with E-state index in [1.165, 1.54) is 0 Å². The molecule has 3 aromatic carbocycles. The maximum atomic E-state index is 12.7. The van der Waals surface area contributed by atoms with Crippen molar-refractivity contribution in [2.24, 2.45) is 0 Å². The summed E-state index contributed by atoms with van der Waals surface area (Å²) in [5.41, 5.74) is 4.41. The van der Waals surface area contributed by atoms with E-state index in [0.717, 1.165) is 38.9 Å². The van der Waals surface area contributed by atoms with Gasteiger partial charge in [0, 0.05) is 30.5 Å². The van der Waals surface area contributed by atoms with Crippen LogP contribution in [-0.2, 0) is 6.54 Å². The van der Waals surface area contributed by atoms with Gasteiger partial charge in [-0.1, -0.05) is 42.5 Å². The number of aromatic nitrogens is 3. The van der Waals surface area contributed by atoms with Crippen molar-refractivity contribution in [2.75, 3.05) is 7.11 Å². The summed E-state index contributed by atoms with van der Waals surface area (Å²) in [6, 6.07) is 25.5. The molecular weight excluding hydrogens is 412 g/mol. The molecule has 0 fully saturated rings. The molecular formula is C27H22N4O2. The van der Waals surface area contributed by atoms with Gasteiger partial charge in [0.15, 0.2) is 5.69 Å². The van der Waals surface area contributed by atoms with Crippen molar-refractivity contribution in [3.8, 4) is 22.6 Å². The highest BCUT2D eigenvalue weighted by Crippen LogP contribution is 2.32. The number of para-hydroxylation sites is 1. The van der Waals surface area contributed by atoms with Crippen LogP contribution in [0.25, 0.3) is 27.6 Å². The molecule has 6 nitrogen and oxygen atoms in total. The molecule has 1 amide bonds. The highest BCUT2D eigenvalue weighted by Gasteiger charge is 2.13. The van der Waals surface area contributed by atoms with Crippen LogP contribution in [0.1, 0.15) is 16.1 Å². The van der Waals surface area contributed by atoms with E-state index >= 15 is 0 Å². The van der Waals surface area contributed by atoms with Gasteiger partial charge in [0.1, 0.15) is 5.75 Å². The van der Waals surface area contributed by atoms with Gasteiger partial charge in [-0.2, -0.15) is 5.10 Å². The van der Waals surface area contributed by atoms with Crippen molar-refractivity contribution in [3.05, 3.63) is 109 Å². The number of hydrogen-bond acceptors (Lipinski definition) is 4. The van der Waals surface area contributed by atoms with E-state index < -0.39 is 0 Å². The quantitative estimate of drug-likeness (QED) is 0.407. The Labute approximate surface area is 191 Å². The Balaban J connectivity index is 1.39. The Morgan fingerprint density at radius 3 is 2.70 bits per heavy atom. The third-order valence-corrected chi connectivity index (χ3v) is 5.57. The average Bonchev–Trinajstić information content (AvgIpc) is 3.38. The highest BCUT2D eigenvalue weighted by atomic mass is 16.5. The zero-order chi connectivity index (χ0) is 22.6. The number of benzene rings is 3. The number of rotatable bonds is 6. The molecule has 0 saturated carbocycles. The first-order valence-electron chi connectivity index (χ1n) is 10.6. The minimum Gasteiger partial charge on any atom is -0.497 e. The lowest BCUT2D eigenvalue weighted by Crippen LogP contribution is -2.23. The van der Waals surface area contributed by atoms with Crippen molar-refractivity contribution in [3.63, 3.8) is 0 Å². The molecule has 0 aliphatic heterocycles. The molecule has 2 heterocycles. The zero-order valence-corrected chi connectivity index (χ0v) is 18.1. The summed E-state index contributed by atoms with van der Waals surface area (Å²) in [6.07, 6.45) is 5.40. The lowest BCUT2D eigenvalue weighted by Gasteiger charge is -2.12. The number of carbonyl (C=O) groups excluding carboxylic acids is 1. The van der Waals surface area contributed by atoms with E-state index in [-0.39, 0.29) is 5.91 Å². The first-order valence-corrected chi connectivity index (χ1v) is 10.6. The third kappa shape index (κ3) is 4.19. The number of hydrogen-bond donors (Lipinski definition) is 1. The van der Waals surface area contributed by atoms with Crippen molar-refractivity contribution in [1.82, 2.24) is 20.1 Å². The second kappa shape index (κ2) is 8.96. The zero-order valence-electron chi connectivity index (χ0n) is 18.1. The normalized spacial score (nSPS) is 10.8. The number of carbonyl (C=O) groups is 1. The van der Waals surface area contributed by atoms with Crippen LogP contribution in [0.2, 0.25) is 0 Å². The molecule has 0 saturated heterocycles. The van der Waals surface area contributed by atoms with Crippen molar-refractivity contribution in [2.45, 2.75) is 6.54 Å². The first-order chi connectivity index (χ1) is 16.2. The Morgan fingerprint density at radius 1 is 0.970 bits per heavy atom. The topological polar surface area (TPSA) is 69.0 Å². The van der Waals surface area contributed by atoms with Gasteiger partial charge in [-0.15, -0.1) is 0 Å². The van der Waals surface area contributed by atoms with E-state index in [2.05, 4.69) is 27.5 Å². The van der Waals surface area contributed by atoms with E-state index in [9.17, 15) is 4.79 Å². The van der Waals surface area contributed by atoms with Crippen LogP contribution >= 0.6 is 0 Å². The molecule has 162 valence electrons. The van der Waals surface area contributed by atoms with Crippen LogP contribution in [0.4, 0.5) is 0 Å². The molecule has 5 rings (SSSR count). The van der Waals surface area contributed by atoms with Crippen molar-refractivity contribution >= 4 is 16.7 Å². The maximum Gasteiger partial charge on any atom is 0.272 e. The molecule has 0 atom stereocenters. The number of pyridine rings is 1. The van der Waals surface area contributed by atoms with Crippen LogP contribution in [0.15, 0.2) is 97.5 Å². The average molecular weight is 434 g/mol. The number of nitrogens with zero attached hydrogens (tertiary/aromatic N) is 3. The summed E-state index contributed by atoms with van der Waals surface area (Å²) >= 11 is 0. The summed E-state index contributed by atoms with van der Waals surface area (Å²) in [6.45, 7) is 0.373. The minimum absolute atomic E-state index is 0.224. The lowest BCUT2D eigenvalue weighted by molar-refractivity contribution is 0.0945. The van der Waals surface area contributed by atoms with Gasteiger partial charge in [-0.05, 0) is 58.5 Å². The molecule has 0 unspecified atom stereocenters. The van der Waals surface area contributed by atoms with Crippen LogP contribution in [0.5, 0.6) is 5.75 Å². The summed E-state index contributed by atoms with van der Waals surface area (Å²) in [5, 5.41) is 9.45. The number of methoxy groups -OCH3 is 1. The van der Waals surface area contributed by atoms with Gasteiger partial charge in [-0.25, -0.2) is 4.68 Å². The first kappa shape index (κ1) is 20.5. The van der Waals surface area contributed by atoms with Gasteiger partial charge in [0.25, 0.3) is 5.91 Å². The Morgan fingerprint density at radius 2 is 1.85 bits per heavy atom. The predicted octanol–water partition coefficient (Wildman–Crippen LogP) is 5.03. The van der Waals surface area contributed by atoms with Crippen LogP contribution in [0, 0.1) is 0 Å². The van der Waals surface area contributed by atoms with Crippen LogP contribution < -0.4 is 10.1 Å². The fraction of sp³-hybridized carbons (Fsp3) is 0.0741. The van der Waals surface area contributed by atoms with Crippen molar-refractivity contribution in [1.29, 1.82) is 0 Å². The molecule has 0 aliphatic rings. The van der Waals surface area contributed by atoms with Crippen molar-refractivity contribution < 1.29 is 9.53 Å². The fourth-order valence-corrected chi connectivity index (χ4v) is 3.88. The fourth-order valence-electron chi connectivity index (χ4n) is 3.88. The monoisotopic (exact) mass is 434 g/mol. The van der Waals surface area contributed by atoms with Gasteiger partial charge < -0.3 is 10.1 Å². The molecule has 0 bridgehead atoms. The third-order valence-electron chi connectivity index (χ3n) is 5.57. The smallest absolute Gasteiger partial charge is 0.272 e. The summed E-state index contributed by atoms with van der Waals surface area (Å²) in [4.78, 5) is 17.1. The molecule has 2 aromatic heterocycles. The SMILES string of the molecule is COc1cccc(-c2ccc(CNC(=O)c3ccn(-c4ccccc4)n3)c3cnccc23)c1. The lowest BCUT2D eigenvalue weighted by atomic mass is 9.96. The summed E-state index contributed by atoms with van der Waals surface area (Å²) in [5.74, 6) is 0.583. The number of amides is 1. The van der Waals surface area contributed by atoms with E-state index in [4.69, 9.17) is 4.74 Å². The molecule has 33 heavy (non-hydrogen) atoms. The largest absolute Gasteiger partial charge is 0.497 e. The standard InChI is InChI=1S/C27H22N4O2/c1-33-22-9-5-6-19(16-22)23-11-10-20(25-18-28-14-12-24(23)25)17-29-27(32)26-13-15-31(30-26)21-7-3-2-4-8-21/h2-16,18H,17H2,1H3,(H,29,32). The molecule has 0 aliphatic carbocycles. The van der Waals surface area contributed by atoms with E-state index in [0.29, 0.717) is 12.2 Å². The molecule has 5 aromatic rings. The van der Waals surface area contributed by atoms with E-state index in [1.807, 2.05) is 66.9 Å². The minimum atomic E-state index is -0.224. The Kier molecular flexibility index (Phi) is 5.55. The number of ether oxygens (including phenoxy) is 1. The van der Waals surface area contributed by atoms with E-state index in [1.54, 1.807) is 30.3 Å². The van der Waals surface area contributed by atoms with Gasteiger partial charge in [-0.3, -0.25) is 9.78 Å². The van der Waals surface area contributed by atoms with Crippen LogP contribution in [-0.4, -0.2) is 27.8 Å². The molecule has 6 heteroatoms. The molecule has 0 spiro atoms. The predicted molar refractivity (Wildman–Crippen MR) is 128 cm³/mol. The van der Waals surface area contributed by atoms with Crippen LogP contribution in [0.3, 0.4) is 0 Å². The second-order valence-electron chi connectivity index (χ2n) is 7.59. The van der Waals surface area contributed by atoms with Gasteiger partial charge in [0.2, 0.25) is 0 Å². The summed E-state index contributed by atoms with van der Waals surface area (Å²) in [7, 11) is 1.66. The number of fused-ring (bicyclic) bond motifs is 1. The van der Waals surface area contributed by atoms with Gasteiger partial charge >= 0.3 is 0 Å². The highest BCUT2D eigenvalue weighted by molar-refractivity contribution is 5.98. The maximum absolute atomic E-state index is 12.7. The molecule has 0 radical (unpaired) electrons. The summed E-state index contributed by atoms with van der Waals surface area (Å²) < 4.78 is 7.07. The Hall–Kier alpha value is -4.45. The Bertz CT molecular complexity index is 1430.